The van der Waals surface area contributed by atoms with Crippen molar-refractivity contribution in [3.8, 4) is 5.75 Å². The normalized spacial score (nSPS) is 14.3. The second kappa shape index (κ2) is 8.98. The van der Waals surface area contributed by atoms with Gasteiger partial charge in [0.1, 0.15) is 5.75 Å². The Bertz CT molecular complexity index is 373. The lowest BCUT2D eigenvalue weighted by Gasteiger charge is -2.27. The predicted octanol–water partition coefficient (Wildman–Crippen LogP) is 3.94. The van der Waals surface area contributed by atoms with Crippen molar-refractivity contribution in [2.75, 3.05) is 13.7 Å². The molecule has 0 saturated heterocycles. The molecule has 114 valence electrons. The maximum absolute atomic E-state index is 5.91. The van der Waals surface area contributed by atoms with Gasteiger partial charge >= 0.3 is 0 Å². The molecule has 1 rings (SSSR count). The molecule has 2 atom stereocenters. The quantitative estimate of drug-likeness (QED) is 0.742. The van der Waals surface area contributed by atoms with Gasteiger partial charge in [-0.2, -0.15) is 0 Å². The Morgan fingerprint density at radius 2 is 1.95 bits per heavy atom. The fraction of sp³-hybridized carbons (Fsp3) is 0.647. The molecule has 20 heavy (non-hydrogen) atoms. The van der Waals surface area contributed by atoms with E-state index in [0.717, 1.165) is 25.2 Å². The number of benzene rings is 1. The molecule has 1 N–H and O–H groups in total. The van der Waals surface area contributed by atoms with Gasteiger partial charge in [0.15, 0.2) is 0 Å². The summed E-state index contributed by atoms with van der Waals surface area (Å²) in [5.74, 6) is 0.921. The summed E-state index contributed by atoms with van der Waals surface area (Å²) in [6, 6.07) is 8.50. The van der Waals surface area contributed by atoms with E-state index in [1.807, 2.05) is 40.0 Å². The first-order chi connectivity index (χ1) is 9.62. The molecule has 0 saturated carbocycles. The first-order valence-electron chi connectivity index (χ1n) is 7.67. The van der Waals surface area contributed by atoms with Crippen LogP contribution in [0.4, 0.5) is 0 Å². The fourth-order valence-corrected chi connectivity index (χ4v) is 2.47. The Morgan fingerprint density at radius 3 is 2.50 bits per heavy atom. The average Bonchev–Trinajstić information content (AvgIpc) is 2.40. The van der Waals surface area contributed by atoms with E-state index in [1.165, 1.54) is 5.56 Å². The minimum absolute atomic E-state index is 0.191. The molecule has 0 heterocycles. The summed E-state index contributed by atoms with van der Waals surface area (Å²) < 4.78 is 11.7. The molecule has 0 bridgehead atoms. The van der Waals surface area contributed by atoms with Gasteiger partial charge in [-0.05, 0) is 51.9 Å². The first kappa shape index (κ1) is 17.0. The molecule has 0 amide bonds. The van der Waals surface area contributed by atoms with Crippen molar-refractivity contribution < 1.29 is 9.47 Å². The second-order valence-electron chi connectivity index (χ2n) is 5.29. The number of ether oxygens (including phenoxy) is 2. The van der Waals surface area contributed by atoms with Crippen molar-refractivity contribution in [3.05, 3.63) is 29.8 Å². The largest absolute Gasteiger partial charge is 0.491 e. The summed E-state index contributed by atoms with van der Waals surface area (Å²) in [7, 11) is 1.99. The third-order valence-electron chi connectivity index (χ3n) is 3.23. The molecule has 0 aliphatic heterocycles. The molecule has 0 aromatic heterocycles. The summed E-state index contributed by atoms with van der Waals surface area (Å²) in [6.07, 6.45) is 2.56. The molecule has 1 aromatic carbocycles. The van der Waals surface area contributed by atoms with Gasteiger partial charge in [0.2, 0.25) is 0 Å². The summed E-state index contributed by atoms with van der Waals surface area (Å²) in [5, 5.41) is 3.39. The van der Waals surface area contributed by atoms with Crippen LogP contribution in [0.2, 0.25) is 0 Å². The standard InChI is InChI=1S/C17H29NO2/c1-6-9-16(19-7-2)17(18-5)14-10-8-11-15(12-14)20-13(3)4/h8,10-13,16-18H,6-7,9H2,1-5H3. The molecule has 0 aliphatic carbocycles. The molecule has 0 aliphatic rings. The van der Waals surface area contributed by atoms with Gasteiger partial charge in [0, 0.05) is 6.61 Å². The maximum Gasteiger partial charge on any atom is 0.120 e. The molecule has 0 spiro atoms. The van der Waals surface area contributed by atoms with Crippen molar-refractivity contribution in [1.29, 1.82) is 0 Å². The molecule has 0 fully saturated rings. The average molecular weight is 279 g/mol. The zero-order chi connectivity index (χ0) is 15.0. The summed E-state index contributed by atoms with van der Waals surface area (Å²) in [5.41, 5.74) is 1.22. The number of hydrogen-bond acceptors (Lipinski definition) is 3. The molecule has 1 aromatic rings. The zero-order valence-electron chi connectivity index (χ0n) is 13.5. The van der Waals surface area contributed by atoms with E-state index in [-0.39, 0.29) is 18.2 Å². The van der Waals surface area contributed by atoms with Crippen molar-refractivity contribution in [3.63, 3.8) is 0 Å². The second-order valence-corrected chi connectivity index (χ2v) is 5.29. The molecule has 0 radical (unpaired) electrons. The Kier molecular flexibility index (Phi) is 7.63. The van der Waals surface area contributed by atoms with Gasteiger partial charge in [-0.1, -0.05) is 25.5 Å². The van der Waals surface area contributed by atoms with Crippen LogP contribution in [-0.4, -0.2) is 25.9 Å². The minimum atomic E-state index is 0.191. The maximum atomic E-state index is 5.91. The SMILES string of the molecule is CCCC(OCC)C(NC)c1cccc(OC(C)C)c1. The van der Waals surface area contributed by atoms with Gasteiger partial charge in [0.05, 0.1) is 18.2 Å². The van der Waals surface area contributed by atoms with E-state index in [1.54, 1.807) is 0 Å². The molecule has 2 unspecified atom stereocenters. The number of rotatable bonds is 9. The van der Waals surface area contributed by atoms with Crippen LogP contribution in [0.25, 0.3) is 0 Å². The van der Waals surface area contributed by atoms with Crippen molar-refractivity contribution in [1.82, 2.24) is 5.32 Å². The number of hydrogen-bond donors (Lipinski definition) is 1. The summed E-state index contributed by atoms with van der Waals surface area (Å²) in [4.78, 5) is 0. The van der Waals surface area contributed by atoms with Crippen LogP contribution in [0.3, 0.4) is 0 Å². The van der Waals surface area contributed by atoms with Crippen molar-refractivity contribution in [2.45, 2.75) is 58.8 Å². The third-order valence-corrected chi connectivity index (χ3v) is 3.23. The third kappa shape index (κ3) is 5.14. The fourth-order valence-electron chi connectivity index (χ4n) is 2.47. The van der Waals surface area contributed by atoms with Crippen LogP contribution < -0.4 is 10.1 Å². The van der Waals surface area contributed by atoms with E-state index in [4.69, 9.17) is 9.47 Å². The first-order valence-corrected chi connectivity index (χ1v) is 7.67. The van der Waals surface area contributed by atoms with E-state index in [2.05, 4.69) is 24.4 Å². The molecule has 3 nitrogen and oxygen atoms in total. The minimum Gasteiger partial charge on any atom is -0.491 e. The van der Waals surface area contributed by atoms with Crippen LogP contribution in [-0.2, 0) is 4.74 Å². The van der Waals surface area contributed by atoms with Crippen LogP contribution >= 0.6 is 0 Å². The Balaban J connectivity index is 2.91. The van der Waals surface area contributed by atoms with E-state index >= 15 is 0 Å². The lowest BCUT2D eigenvalue weighted by Crippen LogP contribution is -2.31. The van der Waals surface area contributed by atoms with Gasteiger partial charge in [-0.3, -0.25) is 0 Å². The smallest absolute Gasteiger partial charge is 0.120 e. The lowest BCUT2D eigenvalue weighted by atomic mass is 9.98. The Morgan fingerprint density at radius 1 is 1.20 bits per heavy atom. The van der Waals surface area contributed by atoms with Crippen LogP contribution in [0, 0.1) is 0 Å². The highest BCUT2D eigenvalue weighted by atomic mass is 16.5. The van der Waals surface area contributed by atoms with Crippen molar-refractivity contribution in [2.24, 2.45) is 0 Å². The van der Waals surface area contributed by atoms with Gasteiger partial charge in [-0.25, -0.2) is 0 Å². The predicted molar refractivity (Wildman–Crippen MR) is 84.3 cm³/mol. The molecular weight excluding hydrogens is 250 g/mol. The van der Waals surface area contributed by atoms with Crippen molar-refractivity contribution >= 4 is 0 Å². The van der Waals surface area contributed by atoms with Crippen LogP contribution in [0.15, 0.2) is 24.3 Å². The van der Waals surface area contributed by atoms with Crippen LogP contribution in [0.5, 0.6) is 5.75 Å². The highest BCUT2D eigenvalue weighted by molar-refractivity contribution is 5.31. The van der Waals surface area contributed by atoms with Crippen LogP contribution in [0.1, 0.15) is 52.1 Å². The molecular formula is C17H29NO2. The van der Waals surface area contributed by atoms with E-state index < -0.39 is 0 Å². The topological polar surface area (TPSA) is 30.5 Å². The molecule has 3 heteroatoms. The highest BCUT2D eigenvalue weighted by Gasteiger charge is 2.21. The van der Waals surface area contributed by atoms with E-state index in [0.29, 0.717) is 0 Å². The number of likely N-dealkylation sites (N-methyl/N-ethyl adjacent to an activating group) is 1. The lowest BCUT2D eigenvalue weighted by molar-refractivity contribution is 0.0295. The highest BCUT2D eigenvalue weighted by Crippen LogP contribution is 2.26. The van der Waals surface area contributed by atoms with Gasteiger partial charge in [-0.15, -0.1) is 0 Å². The van der Waals surface area contributed by atoms with Gasteiger partial charge < -0.3 is 14.8 Å². The Labute approximate surface area is 123 Å². The van der Waals surface area contributed by atoms with Gasteiger partial charge in [0.25, 0.3) is 0 Å². The summed E-state index contributed by atoms with van der Waals surface area (Å²) in [6.45, 7) is 9.07. The zero-order valence-corrected chi connectivity index (χ0v) is 13.5. The monoisotopic (exact) mass is 279 g/mol. The summed E-state index contributed by atoms with van der Waals surface area (Å²) >= 11 is 0. The number of nitrogens with one attached hydrogen (secondary N) is 1. The van der Waals surface area contributed by atoms with E-state index in [9.17, 15) is 0 Å². The Hall–Kier alpha value is -1.06.